The first-order valence-corrected chi connectivity index (χ1v) is 6.00. The SMILES string of the molecule is CCCC(C)(C)Sc1ccc(N)cc1F. The lowest BCUT2D eigenvalue weighted by molar-refractivity contribution is 0.593. The highest BCUT2D eigenvalue weighted by molar-refractivity contribution is 8.00. The summed E-state index contributed by atoms with van der Waals surface area (Å²) >= 11 is 1.58. The molecule has 84 valence electrons. The molecule has 0 amide bonds. The van der Waals surface area contributed by atoms with Gasteiger partial charge >= 0.3 is 0 Å². The molecule has 0 saturated carbocycles. The van der Waals surface area contributed by atoms with Crippen LogP contribution in [0.25, 0.3) is 0 Å². The Kier molecular flexibility index (Phi) is 4.03. The Morgan fingerprint density at radius 1 is 1.40 bits per heavy atom. The summed E-state index contributed by atoms with van der Waals surface area (Å²) in [7, 11) is 0. The van der Waals surface area contributed by atoms with Crippen LogP contribution in [-0.2, 0) is 0 Å². The number of hydrogen-bond acceptors (Lipinski definition) is 2. The van der Waals surface area contributed by atoms with E-state index in [1.807, 2.05) is 0 Å². The van der Waals surface area contributed by atoms with Crippen molar-refractivity contribution in [2.24, 2.45) is 0 Å². The molecule has 0 heterocycles. The molecule has 0 unspecified atom stereocenters. The topological polar surface area (TPSA) is 26.0 Å². The number of anilines is 1. The second kappa shape index (κ2) is 4.88. The highest BCUT2D eigenvalue weighted by atomic mass is 32.2. The molecule has 0 saturated heterocycles. The zero-order valence-corrected chi connectivity index (χ0v) is 10.3. The molecule has 1 aromatic rings. The summed E-state index contributed by atoms with van der Waals surface area (Å²) in [6, 6.07) is 4.88. The Morgan fingerprint density at radius 2 is 2.07 bits per heavy atom. The predicted molar refractivity (Wildman–Crippen MR) is 65.7 cm³/mol. The van der Waals surface area contributed by atoms with Crippen molar-refractivity contribution in [2.75, 3.05) is 5.73 Å². The first-order chi connectivity index (χ1) is 6.94. The van der Waals surface area contributed by atoms with Crippen molar-refractivity contribution in [3.8, 4) is 0 Å². The molecule has 1 nitrogen and oxygen atoms in total. The zero-order chi connectivity index (χ0) is 11.5. The van der Waals surface area contributed by atoms with E-state index in [4.69, 9.17) is 5.73 Å². The van der Waals surface area contributed by atoms with Gasteiger partial charge in [0.25, 0.3) is 0 Å². The Labute approximate surface area is 95.2 Å². The fourth-order valence-electron chi connectivity index (χ4n) is 1.55. The minimum absolute atomic E-state index is 0.0751. The van der Waals surface area contributed by atoms with E-state index in [1.54, 1.807) is 23.9 Å². The van der Waals surface area contributed by atoms with Crippen molar-refractivity contribution in [1.29, 1.82) is 0 Å². The fourth-order valence-corrected chi connectivity index (χ4v) is 2.74. The third-order valence-electron chi connectivity index (χ3n) is 2.19. The molecule has 3 heteroatoms. The lowest BCUT2D eigenvalue weighted by atomic mass is 10.1. The number of benzene rings is 1. The van der Waals surface area contributed by atoms with E-state index in [0.717, 1.165) is 12.8 Å². The van der Waals surface area contributed by atoms with Crippen LogP contribution in [0.4, 0.5) is 10.1 Å². The van der Waals surface area contributed by atoms with Crippen LogP contribution in [-0.4, -0.2) is 4.75 Å². The molecular formula is C12H18FNS. The van der Waals surface area contributed by atoms with Crippen molar-refractivity contribution in [2.45, 2.75) is 43.3 Å². The third kappa shape index (κ3) is 3.74. The second-order valence-electron chi connectivity index (χ2n) is 4.30. The zero-order valence-electron chi connectivity index (χ0n) is 9.51. The number of nitrogen functional groups attached to an aromatic ring is 1. The van der Waals surface area contributed by atoms with Gasteiger partial charge in [-0.2, -0.15) is 0 Å². The summed E-state index contributed by atoms with van der Waals surface area (Å²) in [5.74, 6) is -0.218. The molecule has 1 aromatic carbocycles. The number of thioether (sulfide) groups is 1. The lowest BCUT2D eigenvalue weighted by Gasteiger charge is -2.23. The summed E-state index contributed by atoms with van der Waals surface area (Å²) in [4.78, 5) is 0.683. The minimum Gasteiger partial charge on any atom is -0.399 e. The molecule has 0 spiro atoms. The lowest BCUT2D eigenvalue weighted by Crippen LogP contribution is -2.13. The summed E-state index contributed by atoms with van der Waals surface area (Å²) < 4.78 is 13.6. The van der Waals surface area contributed by atoms with Crippen molar-refractivity contribution >= 4 is 17.4 Å². The Morgan fingerprint density at radius 3 is 2.60 bits per heavy atom. The molecule has 0 aliphatic carbocycles. The van der Waals surface area contributed by atoms with Gasteiger partial charge in [-0.3, -0.25) is 0 Å². The van der Waals surface area contributed by atoms with E-state index in [-0.39, 0.29) is 10.6 Å². The van der Waals surface area contributed by atoms with Gasteiger partial charge in [-0.05, 0) is 24.6 Å². The molecular weight excluding hydrogens is 209 g/mol. The van der Waals surface area contributed by atoms with Crippen molar-refractivity contribution in [3.63, 3.8) is 0 Å². The van der Waals surface area contributed by atoms with Crippen LogP contribution in [0.5, 0.6) is 0 Å². The van der Waals surface area contributed by atoms with Crippen LogP contribution in [0, 0.1) is 5.82 Å². The summed E-state index contributed by atoms with van der Waals surface area (Å²) in [6.07, 6.45) is 2.18. The maximum Gasteiger partial charge on any atom is 0.138 e. The Bertz CT molecular complexity index is 336. The van der Waals surface area contributed by atoms with Crippen molar-refractivity contribution in [3.05, 3.63) is 24.0 Å². The molecule has 1 rings (SSSR count). The molecule has 0 aliphatic heterocycles. The molecule has 15 heavy (non-hydrogen) atoms. The molecule has 2 N–H and O–H groups in total. The predicted octanol–water partition coefficient (Wildman–Crippen LogP) is 4.08. The number of rotatable bonds is 4. The standard InChI is InChI=1S/C12H18FNS/c1-4-7-12(2,3)15-11-6-5-9(14)8-10(11)13/h5-6,8H,4,7,14H2,1-3H3. The van der Waals surface area contributed by atoms with E-state index in [1.165, 1.54) is 6.07 Å². The average molecular weight is 227 g/mol. The van der Waals surface area contributed by atoms with Crippen LogP contribution < -0.4 is 5.73 Å². The number of nitrogens with two attached hydrogens (primary N) is 1. The molecule has 0 aromatic heterocycles. The maximum atomic E-state index is 13.5. The van der Waals surface area contributed by atoms with Gasteiger partial charge in [0.2, 0.25) is 0 Å². The molecule has 0 atom stereocenters. The second-order valence-corrected chi connectivity index (χ2v) is 6.05. The quantitative estimate of drug-likeness (QED) is 0.619. The van der Waals surface area contributed by atoms with Gasteiger partial charge < -0.3 is 5.73 Å². The first kappa shape index (κ1) is 12.4. The average Bonchev–Trinajstić information content (AvgIpc) is 2.09. The normalized spacial score (nSPS) is 11.7. The van der Waals surface area contributed by atoms with Gasteiger partial charge in [-0.15, -0.1) is 11.8 Å². The van der Waals surface area contributed by atoms with Gasteiger partial charge in [0.15, 0.2) is 0 Å². The summed E-state index contributed by atoms with van der Waals surface area (Å²) in [5, 5.41) is 0. The largest absolute Gasteiger partial charge is 0.399 e. The van der Waals surface area contributed by atoms with Crippen molar-refractivity contribution in [1.82, 2.24) is 0 Å². The van der Waals surface area contributed by atoms with E-state index >= 15 is 0 Å². The summed E-state index contributed by atoms with van der Waals surface area (Å²) in [6.45, 7) is 6.41. The highest BCUT2D eigenvalue weighted by Gasteiger charge is 2.19. The van der Waals surface area contributed by atoms with Gasteiger partial charge in [0, 0.05) is 15.3 Å². The summed E-state index contributed by atoms with van der Waals surface area (Å²) in [5.41, 5.74) is 5.98. The van der Waals surface area contributed by atoms with Gasteiger partial charge in [0.05, 0.1) is 0 Å². The van der Waals surface area contributed by atoms with Crippen LogP contribution >= 0.6 is 11.8 Å². The fraction of sp³-hybridized carbons (Fsp3) is 0.500. The molecule has 0 fully saturated rings. The van der Waals surface area contributed by atoms with E-state index in [0.29, 0.717) is 10.6 Å². The van der Waals surface area contributed by atoms with Gasteiger partial charge in [-0.1, -0.05) is 27.2 Å². The Hall–Kier alpha value is -0.700. The number of hydrogen-bond donors (Lipinski definition) is 1. The minimum atomic E-state index is -0.218. The van der Waals surface area contributed by atoms with Crippen molar-refractivity contribution < 1.29 is 4.39 Å². The molecule has 0 aliphatic rings. The van der Waals surface area contributed by atoms with E-state index in [9.17, 15) is 4.39 Å². The third-order valence-corrected chi connectivity index (χ3v) is 3.50. The smallest absolute Gasteiger partial charge is 0.138 e. The van der Waals surface area contributed by atoms with Crippen LogP contribution in [0.1, 0.15) is 33.6 Å². The molecule has 0 bridgehead atoms. The van der Waals surface area contributed by atoms with Crippen LogP contribution in [0.15, 0.2) is 23.1 Å². The maximum absolute atomic E-state index is 13.5. The van der Waals surface area contributed by atoms with E-state index < -0.39 is 0 Å². The number of halogens is 1. The van der Waals surface area contributed by atoms with Gasteiger partial charge in [0.1, 0.15) is 5.82 Å². The van der Waals surface area contributed by atoms with Crippen LogP contribution in [0.3, 0.4) is 0 Å². The highest BCUT2D eigenvalue weighted by Crippen LogP contribution is 2.37. The first-order valence-electron chi connectivity index (χ1n) is 5.18. The molecule has 0 radical (unpaired) electrons. The van der Waals surface area contributed by atoms with E-state index in [2.05, 4.69) is 20.8 Å². The Balaban J connectivity index is 2.80. The van der Waals surface area contributed by atoms with Gasteiger partial charge in [-0.25, -0.2) is 4.39 Å². The monoisotopic (exact) mass is 227 g/mol. The van der Waals surface area contributed by atoms with Crippen LogP contribution in [0.2, 0.25) is 0 Å².